The van der Waals surface area contributed by atoms with Crippen LogP contribution in [0.3, 0.4) is 0 Å². The normalized spacial score (nSPS) is 21.1. The molecule has 0 radical (unpaired) electrons. The maximum Gasteiger partial charge on any atom is 0.106 e. The molecule has 0 bridgehead atoms. The van der Waals surface area contributed by atoms with Crippen molar-refractivity contribution in [1.29, 1.82) is 0 Å². The Bertz CT molecular complexity index is 685. The molecule has 2 heteroatoms. The van der Waals surface area contributed by atoms with E-state index in [2.05, 4.69) is 49.9 Å². The van der Waals surface area contributed by atoms with Crippen LogP contribution in [0.5, 0.6) is 0 Å². The third-order valence-corrected chi connectivity index (χ3v) is 4.95. The highest BCUT2D eigenvalue weighted by Crippen LogP contribution is 2.43. The summed E-state index contributed by atoms with van der Waals surface area (Å²) in [4.78, 5) is 2.47. The average molecular weight is 323 g/mol. The van der Waals surface area contributed by atoms with Gasteiger partial charge in [0.2, 0.25) is 0 Å². The third kappa shape index (κ3) is 3.40. The van der Waals surface area contributed by atoms with Gasteiger partial charge in [0.1, 0.15) is 5.60 Å². The Morgan fingerprint density at radius 3 is 2.25 bits per heavy atom. The van der Waals surface area contributed by atoms with Crippen LogP contribution in [-0.4, -0.2) is 23.1 Å². The summed E-state index contributed by atoms with van der Waals surface area (Å²) in [6, 6.07) is 18.6. The molecule has 2 atom stereocenters. The Balaban J connectivity index is 2.07. The van der Waals surface area contributed by atoms with E-state index in [0.29, 0.717) is 0 Å². The van der Waals surface area contributed by atoms with Crippen molar-refractivity contribution in [3.63, 3.8) is 0 Å². The first-order valence-electron chi connectivity index (χ1n) is 8.89. The topological polar surface area (TPSA) is 23.5 Å². The van der Waals surface area contributed by atoms with Gasteiger partial charge >= 0.3 is 0 Å². The van der Waals surface area contributed by atoms with Crippen molar-refractivity contribution >= 4 is 0 Å². The summed E-state index contributed by atoms with van der Waals surface area (Å²) < 4.78 is 0. The number of nitrogens with zero attached hydrogens (tertiary/aromatic N) is 1. The molecule has 0 spiro atoms. The SMILES string of the molecule is CC(C)(C)CN1CCc2ccccc2C1C(C)(O)c1ccccc1. The van der Waals surface area contributed by atoms with Crippen molar-refractivity contribution in [2.45, 2.75) is 45.8 Å². The number of aliphatic hydroxyl groups is 1. The molecule has 0 saturated carbocycles. The van der Waals surface area contributed by atoms with E-state index < -0.39 is 5.60 Å². The quantitative estimate of drug-likeness (QED) is 0.896. The van der Waals surface area contributed by atoms with Crippen molar-refractivity contribution in [2.75, 3.05) is 13.1 Å². The molecule has 24 heavy (non-hydrogen) atoms. The summed E-state index contributed by atoms with van der Waals surface area (Å²) in [5.41, 5.74) is 2.87. The lowest BCUT2D eigenvalue weighted by Gasteiger charge is -2.47. The van der Waals surface area contributed by atoms with Gasteiger partial charge in [-0.05, 0) is 35.4 Å². The van der Waals surface area contributed by atoms with E-state index in [1.165, 1.54) is 11.1 Å². The predicted molar refractivity (Wildman–Crippen MR) is 99.9 cm³/mol. The van der Waals surface area contributed by atoms with Crippen LogP contribution in [0.25, 0.3) is 0 Å². The molecule has 0 amide bonds. The first kappa shape index (κ1) is 17.2. The standard InChI is InChI=1S/C22H29NO/c1-21(2,3)16-23-15-14-17-10-8-9-13-19(17)20(23)22(4,24)18-11-6-5-7-12-18/h5-13,20,24H,14-16H2,1-4H3. The Morgan fingerprint density at radius 1 is 0.958 bits per heavy atom. The first-order chi connectivity index (χ1) is 11.3. The molecule has 2 unspecified atom stereocenters. The first-order valence-corrected chi connectivity index (χ1v) is 8.89. The summed E-state index contributed by atoms with van der Waals surface area (Å²) in [6.07, 6.45) is 1.05. The minimum absolute atomic E-state index is 0.0240. The molecule has 1 heterocycles. The second kappa shape index (κ2) is 6.34. The van der Waals surface area contributed by atoms with Crippen molar-refractivity contribution in [3.8, 4) is 0 Å². The van der Waals surface area contributed by atoms with E-state index >= 15 is 0 Å². The maximum absolute atomic E-state index is 11.6. The molecule has 0 aromatic heterocycles. The number of rotatable bonds is 3. The van der Waals surface area contributed by atoms with Crippen LogP contribution in [-0.2, 0) is 12.0 Å². The van der Waals surface area contributed by atoms with E-state index in [1.54, 1.807) is 0 Å². The van der Waals surface area contributed by atoms with E-state index in [1.807, 2.05) is 37.3 Å². The zero-order valence-corrected chi connectivity index (χ0v) is 15.3. The number of hydrogen-bond acceptors (Lipinski definition) is 2. The van der Waals surface area contributed by atoms with Gasteiger partial charge in [-0.1, -0.05) is 75.4 Å². The Kier molecular flexibility index (Phi) is 4.54. The van der Waals surface area contributed by atoms with Crippen molar-refractivity contribution in [2.24, 2.45) is 5.41 Å². The highest BCUT2D eigenvalue weighted by Gasteiger charge is 2.42. The van der Waals surface area contributed by atoms with Crippen molar-refractivity contribution < 1.29 is 5.11 Å². The molecule has 2 aromatic carbocycles. The summed E-state index contributed by atoms with van der Waals surface area (Å²) >= 11 is 0. The van der Waals surface area contributed by atoms with E-state index in [-0.39, 0.29) is 11.5 Å². The lowest BCUT2D eigenvalue weighted by molar-refractivity contribution is -0.0546. The molecule has 1 aliphatic heterocycles. The fourth-order valence-corrected chi connectivity index (χ4v) is 3.99. The summed E-state index contributed by atoms with van der Waals surface area (Å²) in [6.45, 7) is 10.7. The largest absolute Gasteiger partial charge is 0.383 e. The second-order valence-electron chi connectivity index (χ2n) is 8.40. The van der Waals surface area contributed by atoms with Gasteiger partial charge < -0.3 is 5.11 Å². The Labute approximate surface area is 146 Å². The highest BCUT2D eigenvalue weighted by molar-refractivity contribution is 5.37. The summed E-state index contributed by atoms with van der Waals surface area (Å²) in [5.74, 6) is 0. The van der Waals surface area contributed by atoms with E-state index in [0.717, 1.165) is 25.1 Å². The van der Waals surface area contributed by atoms with Crippen LogP contribution in [0.15, 0.2) is 54.6 Å². The third-order valence-electron chi connectivity index (χ3n) is 4.95. The zero-order chi connectivity index (χ0) is 17.4. The second-order valence-corrected chi connectivity index (χ2v) is 8.40. The van der Waals surface area contributed by atoms with Gasteiger partial charge in [0, 0.05) is 13.1 Å². The zero-order valence-electron chi connectivity index (χ0n) is 15.3. The van der Waals surface area contributed by atoms with Gasteiger partial charge in [0.25, 0.3) is 0 Å². The number of benzene rings is 2. The Morgan fingerprint density at radius 2 is 1.58 bits per heavy atom. The van der Waals surface area contributed by atoms with Gasteiger partial charge in [0.15, 0.2) is 0 Å². The Hall–Kier alpha value is -1.64. The van der Waals surface area contributed by atoms with Gasteiger partial charge in [0.05, 0.1) is 6.04 Å². The van der Waals surface area contributed by atoms with E-state index in [4.69, 9.17) is 0 Å². The summed E-state index contributed by atoms with van der Waals surface area (Å²) in [7, 11) is 0. The predicted octanol–water partition coefficient (Wildman–Crippen LogP) is 4.54. The van der Waals surface area contributed by atoms with Gasteiger partial charge in [-0.3, -0.25) is 4.90 Å². The molecule has 1 N–H and O–H groups in total. The van der Waals surface area contributed by atoms with Crippen molar-refractivity contribution in [3.05, 3.63) is 71.3 Å². The van der Waals surface area contributed by atoms with Gasteiger partial charge in [-0.2, -0.15) is 0 Å². The van der Waals surface area contributed by atoms with Crippen LogP contribution >= 0.6 is 0 Å². The van der Waals surface area contributed by atoms with Crippen LogP contribution < -0.4 is 0 Å². The average Bonchev–Trinajstić information content (AvgIpc) is 2.54. The van der Waals surface area contributed by atoms with Crippen molar-refractivity contribution in [1.82, 2.24) is 4.90 Å². The number of fused-ring (bicyclic) bond motifs is 1. The van der Waals surface area contributed by atoms with Crippen LogP contribution in [0.4, 0.5) is 0 Å². The maximum atomic E-state index is 11.6. The lowest BCUT2D eigenvalue weighted by Crippen LogP contribution is -2.48. The van der Waals surface area contributed by atoms with Gasteiger partial charge in [-0.15, -0.1) is 0 Å². The molecular weight excluding hydrogens is 294 g/mol. The molecule has 0 aliphatic carbocycles. The molecule has 2 aromatic rings. The molecule has 2 nitrogen and oxygen atoms in total. The monoisotopic (exact) mass is 323 g/mol. The molecule has 0 fully saturated rings. The fourth-order valence-electron chi connectivity index (χ4n) is 3.99. The van der Waals surface area contributed by atoms with Gasteiger partial charge in [-0.25, -0.2) is 0 Å². The lowest BCUT2D eigenvalue weighted by atomic mass is 9.78. The molecular formula is C22H29NO. The molecule has 0 saturated heterocycles. The molecule has 1 aliphatic rings. The minimum Gasteiger partial charge on any atom is -0.383 e. The fraction of sp³-hybridized carbons (Fsp3) is 0.455. The molecule has 128 valence electrons. The van der Waals surface area contributed by atoms with Crippen LogP contribution in [0, 0.1) is 5.41 Å². The minimum atomic E-state index is -0.928. The highest BCUT2D eigenvalue weighted by atomic mass is 16.3. The smallest absolute Gasteiger partial charge is 0.106 e. The molecule has 3 rings (SSSR count). The summed E-state index contributed by atoms with van der Waals surface area (Å²) in [5, 5.41) is 11.6. The van der Waals surface area contributed by atoms with Crippen LogP contribution in [0.2, 0.25) is 0 Å². The number of hydrogen-bond donors (Lipinski definition) is 1. The van der Waals surface area contributed by atoms with E-state index in [9.17, 15) is 5.11 Å². The van der Waals surface area contributed by atoms with Crippen LogP contribution in [0.1, 0.15) is 50.4 Å².